The topological polar surface area (TPSA) is 55.1 Å². The molecule has 0 aliphatic carbocycles. The van der Waals surface area contributed by atoms with E-state index in [0.29, 0.717) is 12.8 Å². The minimum absolute atomic E-state index is 0.0770. The summed E-state index contributed by atoms with van der Waals surface area (Å²) in [7, 11) is 0. The summed E-state index contributed by atoms with van der Waals surface area (Å²) in [6.07, 6.45) is 2.07. The summed E-state index contributed by atoms with van der Waals surface area (Å²) in [5.41, 5.74) is 8.73. The Balaban J connectivity index is 1.89. The number of nitrogens with two attached hydrogens (primary N) is 1. The number of hydrogen-bond donors (Lipinski definition) is 2. The maximum atomic E-state index is 12.1. The standard InChI is InChI=1S/C18H22N2O/c1-2-17(15-8-4-3-5-9-15)20-18(21)12-11-14-7-6-10-16(19)13-14/h3-10,13,17H,2,11-12,19H2,1H3,(H,20,21). The molecule has 0 radical (unpaired) electrons. The van der Waals surface area contributed by atoms with Gasteiger partial charge in [-0.15, -0.1) is 0 Å². The Morgan fingerprint density at radius 2 is 1.90 bits per heavy atom. The van der Waals surface area contributed by atoms with E-state index in [1.165, 1.54) is 0 Å². The fourth-order valence-corrected chi connectivity index (χ4v) is 2.38. The van der Waals surface area contributed by atoms with Gasteiger partial charge in [-0.3, -0.25) is 4.79 Å². The van der Waals surface area contributed by atoms with Gasteiger partial charge in [0.1, 0.15) is 0 Å². The minimum atomic E-state index is 0.0770. The van der Waals surface area contributed by atoms with E-state index in [4.69, 9.17) is 5.73 Å². The van der Waals surface area contributed by atoms with Crippen LogP contribution in [0.3, 0.4) is 0 Å². The first-order valence-corrected chi connectivity index (χ1v) is 7.37. The number of aryl methyl sites for hydroxylation is 1. The maximum absolute atomic E-state index is 12.1. The Labute approximate surface area is 126 Å². The molecule has 0 saturated heterocycles. The van der Waals surface area contributed by atoms with Crippen LogP contribution in [0.5, 0.6) is 0 Å². The molecule has 2 rings (SSSR count). The molecule has 110 valence electrons. The second kappa shape index (κ2) is 7.48. The Kier molecular flexibility index (Phi) is 5.38. The molecular formula is C18H22N2O. The van der Waals surface area contributed by atoms with Crippen molar-refractivity contribution in [3.8, 4) is 0 Å². The molecule has 2 aromatic carbocycles. The smallest absolute Gasteiger partial charge is 0.220 e. The van der Waals surface area contributed by atoms with E-state index in [1.807, 2.05) is 54.6 Å². The lowest BCUT2D eigenvalue weighted by Crippen LogP contribution is -2.28. The molecule has 0 aromatic heterocycles. The first kappa shape index (κ1) is 15.1. The molecule has 3 N–H and O–H groups in total. The van der Waals surface area contributed by atoms with Crippen LogP contribution < -0.4 is 11.1 Å². The molecule has 0 fully saturated rings. The lowest BCUT2D eigenvalue weighted by Gasteiger charge is -2.17. The van der Waals surface area contributed by atoms with Crippen LogP contribution in [-0.4, -0.2) is 5.91 Å². The third-order valence-electron chi connectivity index (χ3n) is 3.54. The second-order valence-corrected chi connectivity index (χ2v) is 5.18. The molecule has 1 unspecified atom stereocenters. The molecule has 0 heterocycles. The van der Waals surface area contributed by atoms with Crippen molar-refractivity contribution in [1.82, 2.24) is 5.32 Å². The van der Waals surface area contributed by atoms with Gasteiger partial charge in [-0.2, -0.15) is 0 Å². The first-order valence-electron chi connectivity index (χ1n) is 7.37. The normalized spacial score (nSPS) is 11.9. The number of benzene rings is 2. The molecule has 0 aliphatic heterocycles. The number of amides is 1. The molecular weight excluding hydrogens is 260 g/mol. The quantitative estimate of drug-likeness (QED) is 0.797. The van der Waals surface area contributed by atoms with E-state index < -0.39 is 0 Å². The average Bonchev–Trinajstić information content (AvgIpc) is 2.51. The Hall–Kier alpha value is -2.29. The van der Waals surface area contributed by atoms with Crippen molar-refractivity contribution < 1.29 is 4.79 Å². The summed E-state index contributed by atoms with van der Waals surface area (Å²) in [5.74, 6) is 0.0770. The SMILES string of the molecule is CCC(NC(=O)CCc1cccc(N)c1)c1ccccc1. The predicted octanol–water partition coefficient (Wildman–Crippen LogP) is 3.47. The van der Waals surface area contributed by atoms with Crippen LogP contribution in [0.4, 0.5) is 5.69 Å². The molecule has 1 atom stereocenters. The highest BCUT2D eigenvalue weighted by atomic mass is 16.1. The van der Waals surface area contributed by atoms with Gasteiger partial charge >= 0.3 is 0 Å². The molecule has 1 amide bonds. The zero-order valence-electron chi connectivity index (χ0n) is 12.4. The fraction of sp³-hybridized carbons (Fsp3) is 0.278. The zero-order valence-corrected chi connectivity index (χ0v) is 12.4. The van der Waals surface area contributed by atoms with Crippen molar-refractivity contribution in [3.05, 3.63) is 65.7 Å². The van der Waals surface area contributed by atoms with Gasteiger partial charge in [0.05, 0.1) is 6.04 Å². The highest BCUT2D eigenvalue weighted by molar-refractivity contribution is 5.76. The van der Waals surface area contributed by atoms with Crippen LogP contribution in [0.15, 0.2) is 54.6 Å². The van der Waals surface area contributed by atoms with Gasteiger partial charge in [0.15, 0.2) is 0 Å². The molecule has 3 heteroatoms. The lowest BCUT2D eigenvalue weighted by atomic mass is 10.0. The lowest BCUT2D eigenvalue weighted by molar-refractivity contribution is -0.121. The van der Waals surface area contributed by atoms with Crippen LogP contribution in [-0.2, 0) is 11.2 Å². The Morgan fingerprint density at radius 1 is 1.14 bits per heavy atom. The van der Waals surface area contributed by atoms with Crippen LogP contribution in [0.25, 0.3) is 0 Å². The van der Waals surface area contributed by atoms with Crippen molar-refractivity contribution in [3.63, 3.8) is 0 Å². The number of carbonyl (C=O) groups is 1. The molecule has 0 spiro atoms. The first-order chi connectivity index (χ1) is 10.2. The van der Waals surface area contributed by atoms with Crippen LogP contribution in [0.2, 0.25) is 0 Å². The summed E-state index contributed by atoms with van der Waals surface area (Å²) in [6, 6.07) is 17.8. The summed E-state index contributed by atoms with van der Waals surface area (Å²) in [6.45, 7) is 2.08. The van der Waals surface area contributed by atoms with E-state index in [-0.39, 0.29) is 11.9 Å². The number of nitrogen functional groups attached to an aromatic ring is 1. The zero-order chi connectivity index (χ0) is 15.1. The van der Waals surface area contributed by atoms with Crippen LogP contribution in [0.1, 0.15) is 36.9 Å². The number of carbonyl (C=O) groups excluding carboxylic acids is 1. The van der Waals surface area contributed by atoms with Gasteiger partial charge in [0.2, 0.25) is 5.91 Å². The molecule has 0 bridgehead atoms. The van der Waals surface area contributed by atoms with Gasteiger partial charge in [-0.1, -0.05) is 49.4 Å². The molecule has 0 saturated carbocycles. The summed E-state index contributed by atoms with van der Waals surface area (Å²) >= 11 is 0. The van der Waals surface area contributed by atoms with Gasteiger partial charge in [0.25, 0.3) is 0 Å². The number of anilines is 1. The maximum Gasteiger partial charge on any atom is 0.220 e. The second-order valence-electron chi connectivity index (χ2n) is 5.18. The van der Waals surface area contributed by atoms with Crippen molar-refractivity contribution in [2.45, 2.75) is 32.2 Å². The van der Waals surface area contributed by atoms with Crippen LogP contribution >= 0.6 is 0 Å². The molecule has 2 aromatic rings. The largest absolute Gasteiger partial charge is 0.399 e. The molecule has 3 nitrogen and oxygen atoms in total. The van der Waals surface area contributed by atoms with Gasteiger partial charge in [-0.25, -0.2) is 0 Å². The van der Waals surface area contributed by atoms with Crippen molar-refractivity contribution >= 4 is 11.6 Å². The number of hydrogen-bond acceptors (Lipinski definition) is 2. The van der Waals surface area contributed by atoms with E-state index >= 15 is 0 Å². The summed E-state index contributed by atoms with van der Waals surface area (Å²) in [4.78, 5) is 12.1. The van der Waals surface area contributed by atoms with Crippen molar-refractivity contribution in [2.24, 2.45) is 0 Å². The van der Waals surface area contributed by atoms with Gasteiger partial charge < -0.3 is 11.1 Å². The average molecular weight is 282 g/mol. The van der Waals surface area contributed by atoms with Gasteiger partial charge in [-0.05, 0) is 36.1 Å². The summed E-state index contributed by atoms with van der Waals surface area (Å²) < 4.78 is 0. The van der Waals surface area contributed by atoms with E-state index in [2.05, 4.69) is 12.2 Å². The number of nitrogens with one attached hydrogen (secondary N) is 1. The monoisotopic (exact) mass is 282 g/mol. The Bertz CT molecular complexity index is 581. The fourth-order valence-electron chi connectivity index (χ4n) is 2.38. The van der Waals surface area contributed by atoms with Crippen LogP contribution in [0, 0.1) is 0 Å². The van der Waals surface area contributed by atoms with Gasteiger partial charge in [0, 0.05) is 12.1 Å². The third kappa shape index (κ3) is 4.63. The highest BCUT2D eigenvalue weighted by Gasteiger charge is 2.12. The van der Waals surface area contributed by atoms with Crippen molar-refractivity contribution in [1.29, 1.82) is 0 Å². The molecule has 21 heavy (non-hydrogen) atoms. The van der Waals surface area contributed by atoms with E-state index in [1.54, 1.807) is 0 Å². The predicted molar refractivity (Wildman–Crippen MR) is 86.8 cm³/mol. The highest BCUT2D eigenvalue weighted by Crippen LogP contribution is 2.16. The summed E-state index contributed by atoms with van der Waals surface area (Å²) in [5, 5.41) is 3.10. The minimum Gasteiger partial charge on any atom is -0.399 e. The molecule has 0 aliphatic rings. The van der Waals surface area contributed by atoms with E-state index in [0.717, 1.165) is 23.2 Å². The Morgan fingerprint density at radius 3 is 2.57 bits per heavy atom. The van der Waals surface area contributed by atoms with E-state index in [9.17, 15) is 4.79 Å². The number of rotatable bonds is 6. The van der Waals surface area contributed by atoms with Crippen molar-refractivity contribution in [2.75, 3.05) is 5.73 Å². The third-order valence-corrected chi connectivity index (χ3v) is 3.54.